The van der Waals surface area contributed by atoms with Gasteiger partial charge in [0.1, 0.15) is 0 Å². The highest BCUT2D eigenvalue weighted by Gasteiger charge is 2.39. The number of nitrogens with one attached hydrogen (secondary N) is 1. The molecule has 0 bridgehead atoms. The molecule has 2 nitrogen and oxygen atoms in total. The van der Waals surface area contributed by atoms with Gasteiger partial charge in [-0.1, -0.05) is 30.7 Å². The van der Waals surface area contributed by atoms with Gasteiger partial charge in [-0.05, 0) is 6.42 Å². The molecule has 0 heterocycles. The van der Waals surface area contributed by atoms with Crippen LogP contribution in [-0.4, -0.2) is 12.1 Å². The van der Waals surface area contributed by atoms with Gasteiger partial charge in [0.05, 0.1) is 16.6 Å². The molecule has 1 aliphatic carbocycles. The van der Waals surface area contributed by atoms with Crippen molar-refractivity contribution in [3.05, 3.63) is 22.9 Å². The van der Waals surface area contributed by atoms with Gasteiger partial charge in [-0.15, -0.1) is 0 Å². The van der Waals surface area contributed by atoms with Crippen molar-refractivity contribution in [2.24, 2.45) is 5.92 Å². The van der Waals surface area contributed by atoms with Crippen molar-refractivity contribution in [1.82, 2.24) is 5.32 Å². The molecule has 0 aromatic carbocycles. The molecule has 0 saturated carbocycles. The lowest BCUT2D eigenvalue weighted by atomic mass is 9.98. The summed E-state index contributed by atoms with van der Waals surface area (Å²) in [6.45, 7) is 1.65. The van der Waals surface area contributed by atoms with E-state index in [4.69, 9.17) is 11.6 Å². The number of allylic oxidation sites excluding steroid dienone is 3. The summed E-state index contributed by atoms with van der Waals surface area (Å²) in [7, 11) is 0. The lowest BCUT2D eigenvalue weighted by molar-refractivity contribution is -0.160. The Kier molecular flexibility index (Phi) is 4.02. The van der Waals surface area contributed by atoms with Crippen LogP contribution in [0.25, 0.3) is 0 Å². The van der Waals surface area contributed by atoms with Gasteiger partial charge >= 0.3 is 6.18 Å². The zero-order valence-corrected chi connectivity index (χ0v) is 9.32. The average Bonchev–Trinajstić information content (AvgIpc) is 2.19. The fourth-order valence-corrected chi connectivity index (χ4v) is 1.53. The Morgan fingerprint density at radius 2 is 2.25 bits per heavy atom. The Bertz CT molecular complexity index is 346. The van der Waals surface area contributed by atoms with Crippen molar-refractivity contribution in [1.29, 1.82) is 0 Å². The number of hydrogen-bond donors (Lipinski definition) is 1. The van der Waals surface area contributed by atoms with Crippen LogP contribution < -0.4 is 5.32 Å². The van der Waals surface area contributed by atoms with E-state index in [9.17, 15) is 18.0 Å². The molecule has 0 fully saturated rings. The average molecular weight is 254 g/mol. The lowest BCUT2D eigenvalue weighted by Gasteiger charge is -2.21. The molecular weight excluding hydrogens is 243 g/mol. The maximum atomic E-state index is 12.4. The molecule has 6 heteroatoms. The van der Waals surface area contributed by atoms with Gasteiger partial charge in [-0.3, -0.25) is 4.79 Å². The zero-order valence-electron chi connectivity index (χ0n) is 8.57. The first-order valence-electron chi connectivity index (χ1n) is 4.79. The standard InChI is InChI=1S/C10H11ClF3NO/c1-2-9(16)15-8-4-3-6(5-7(8)11)10(12,13)14/h4-6H,2-3H2,1H3,(H,15,16). The summed E-state index contributed by atoms with van der Waals surface area (Å²) in [5.41, 5.74) is 0.258. The van der Waals surface area contributed by atoms with Crippen molar-refractivity contribution in [3.63, 3.8) is 0 Å². The monoisotopic (exact) mass is 253 g/mol. The predicted octanol–water partition coefficient (Wildman–Crippen LogP) is 3.10. The van der Waals surface area contributed by atoms with E-state index in [0.29, 0.717) is 0 Å². The van der Waals surface area contributed by atoms with Crippen LogP contribution in [0.15, 0.2) is 22.9 Å². The summed E-state index contributed by atoms with van der Waals surface area (Å²) < 4.78 is 37.1. The molecule has 90 valence electrons. The van der Waals surface area contributed by atoms with Crippen LogP contribution in [0.4, 0.5) is 13.2 Å². The predicted molar refractivity (Wildman–Crippen MR) is 54.6 cm³/mol. The summed E-state index contributed by atoms with van der Waals surface area (Å²) in [5, 5.41) is 2.39. The molecule has 0 aliphatic heterocycles. The third-order valence-electron chi connectivity index (χ3n) is 2.20. The summed E-state index contributed by atoms with van der Waals surface area (Å²) in [4.78, 5) is 11.0. The number of rotatable bonds is 2. The van der Waals surface area contributed by atoms with Gasteiger partial charge in [-0.2, -0.15) is 13.2 Å². The second kappa shape index (κ2) is 4.91. The van der Waals surface area contributed by atoms with Crippen LogP contribution in [0.3, 0.4) is 0 Å². The molecule has 16 heavy (non-hydrogen) atoms. The van der Waals surface area contributed by atoms with Gasteiger partial charge in [0, 0.05) is 6.42 Å². The van der Waals surface area contributed by atoms with E-state index >= 15 is 0 Å². The number of hydrogen-bond acceptors (Lipinski definition) is 1. The van der Waals surface area contributed by atoms with Crippen molar-refractivity contribution in [3.8, 4) is 0 Å². The molecule has 1 atom stereocenters. The Hall–Kier alpha value is -0.970. The first-order chi connectivity index (χ1) is 7.34. The van der Waals surface area contributed by atoms with Gasteiger partial charge in [0.2, 0.25) is 5.91 Å². The fourth-order valence-electron chi connectivity index (χ4n) is 1.25. The molecule has 1 rings (SSSR count). The molecule has 0 spiro atoms. The van der Waals surface area contributed by atoms with Crippen LogP contribution in [-0.2, 0) is 4.79 Å². The smallest absolute Gasteiger partial charge is 0.325 e. The lowest BCUT2D eigenvalue weighted by Crippen LogP contribution is -2.27. The molecule has 1 unspecified atom stereocenters. The number of alkyl halides is 3. The highest BCUT2D eigenvalue weighted by molar-refractivity contribution is 6.32. The molecule has 0 saturated heterocycles. The fraction of sp³-hybridized carbons (Fsp3) is 0.500. The van der Waals surface area contributed by atoms with Crippen LogP contribution in [0.2, 0.25) is 0 Å². The number of carbonyl (C=O) groups excluding carboxylic acids is 1. The maximum absolute atomic E-state index is 12.4. The highest BCUT2D eigenvalue weighted by Crippen LogP contribution is 2.35. The zero-order chi connectivity index (χ0) is 12.3. The Balaban J connectivity index is 2.72. The van der Waals surface area contributed by atoms with Crippen molar-refractivity contribution in [2.45, 2.75) is 25.9 Å². The molecule has 0 aromatic rings. The normalized spacial score (nSPS) is 21.2. The first-order valence-corrected chi connectivity index (χ1v) is 5.16. The minimum atomic E-state index is -4.29. The van der Waals surface area contributed by atoms with Crippen LogP contribution in [0, 0.1) is 5.92 Å². The first kappa shape index (κ1) is 13.1. The number of halogens is 4. The molecular formula is C10H11ClF3NO. The molecule has 1 N–H and O–H groups in total. The molecule has 0 radical (unpaired) electrons. The van der Waals surface area contributed by atoms with Gasteiger partial charge in [-0.25, -0.2) is 0 Å². The van der Waals surface area contributed by atoms with E-state index in [1.807, 2.05) is 0 Å². The van der Waals surface area contributed by atoms with E-state index in [-0.39, 0.29) is 29.5 Å². The van der Waals surface area contributed by atoms with Crippen molar-refractivity contribution in [2.75, 3.05) is 0 Å². The molecule has 0 aromatic heterocycles. The SMILES string of the molecule is CCC(=O)NC1=CCC(C(F)(F)F)C=C1Cl. The van der Waals surface area contributed by atoms with Crippen molar-refractivity contribution >= 4 is 17.5 Å². The molecule has 1 amide bonds. The number of amides is 1. The van der Waals surface area contributed by atoms with E-state index in [1.165, 1.54) is 6.08 Å². The summed E-state index contributed by atoms with van der Waals surface area (Å²) in [5.74, 6) is -1.84. The third kappa shape index (κ3) is 3.27. The van der Waals surface area contributed by atoms with Crippen molar-refractivity contribution < 1.29 is 18.0 Å². The molecule has 1 aliphatic rings. The quantitative estimate of drug-likeness (QED) is 0.805. The Morgan fingerprint density at radius 3 is 2.69 bits per heavy atom. The van der Waals surface area contributed by atoms with E-state index in [0.717, 1.165) is 6.08 Å². The van der Waals surface area contributed by atoms with E-state index < -0.39 is 12.1 Å². The summed E-state index contributed by atoms with van der Waals surface area (Å²) >= 11 is 5.66. The number of carbonyl (C=O) groups is 1. The third-order valence-corrected chi connectivity index (χ3v) is 2.53. The van der Waals surface area contributed by atoms with Crippen LogP contribution >= 0.6 is 11.6 Å². The second-order valence-electron chi connectivity index (χ2n) is 3.42. The summed E-state index contributed by atoms with van der Waals surface area (Å²) in [6.07, 6.45) is -2.01. The topological polar surface area (TPSA) is 29.1 Å². The second-order valence-corrected chi connectivity index (χ2v) is 3.83. The highest BCUT2D eigenvalue weighted by atomic mass is 35.5. The Labute approximate surface area is 96.1 Å². The minimum Gasteiger partial charge on any atom is -0.325 e. The van der Waals surface area contributed by atoms with E-state index in [1.54, 1.807) is 6.92 Å². The largest absolute Gasteiger partial charge is 0.395 e. The minimum absolute atomic E-state index is 0.0598. The van der Waals surface area contributed by atoms with Crippen LogP contribution in [0.1, 0.15) is 19.8 Å². The maximum Gasteiger partial charge on any atom is 0.395 e. The van der Waals surface area contributed by atoms with Gasteiger partial charge < -0.3 is 5.32 Å². The van der Waals surface area contributed by atoms with Gasteiger partial charge in [0.15, 0.2) is 0 Å². The van der Waals surface area contributed by atoms with E-state index in [2.05, 4.69) is 5.32 Å². The Morgan fingerprint density at radius 1 is 1.62 bits per heavy atom. The summed E-state index contributed by atoms with van der Waals surface area (Å²) in [6, 6.07) is 0. The van der Waals surface area contributed by atoms with Gasteiger partial charge in [0.25, 0.3) is 0 Å². The van der Waals surface area contributed by atoms with Crippen LogP contribution in [0.5, 0.6) is 0 Å².